The van der Waals surface area contributed by atoms with Gasteiger partial charge in [-0.3, -0.25) is 9.59 Å². The molecule has 0 saturated heterocycles. The fourth-order valence-corrected chi connectivity index (χ4v) is 5.66. The third-order valence-electron chi connectivity index (χ3n) is 8.72. The maximum atomic E-state index is 12.1. The average Bonchev–Trinajstić information content (AvgIpc) is 3.06. The molecule has 0 aliphatic rings. The van der Waals surface area contributed by atoms with E-state index in [1.165, 1.54) is 135 Å². The van der Waals surface area contributed by atoms with Crippen LogP contribution in [0.15, 0.2) is 24.3 Å². The van der Waals surface area contributed by atoms with Crippen molar-refractivity contribution < 1.29 is 24.2 Å². The van der Waals surface area contributed by atoms with Crippen molar-refractivity contribution in [3.05, 3.63) is 24.3 Å². The molecule has 0 aromatic rings. The lowest BCUT2D eigenvalue weighted by Crippen LogP contribution is -2.28. The minimum absolute atomic E-state index is 0.0673. The van der Waals surface area contributed by atoms with Crippen LogP contribution >= 0.6 is 0 Å². The number of rotatable bonds is 36. The number of allylic oxidation sites excluding steroid dienone is 4. The lowest BCUT2D eigenvalue weighted by molar-refractivity contribution is -0.161. The standard InChI is InChI=1S/C41H76O5/c1-3-5-7-9-11-13-15-17-18-19-20-21-22-24-25-27-29-31-33-35-40(43)45-38-39(37-42)46-41(44)36-34-32-30-28-26-23-16-14-12-10-8-6-4-2/h14,16-18,39,42H,3-13,15,19-38H2,1-2H3/t39-/m0/s1. The molecule has 0 unspecified atom stereocenters. The topological polar surface area (TPSA) is 72.8 Å². The van der Waals surface area contributed by atoms with E-state index in [2.05, 4.69) is 38.2 Å². The molecule has 0 spiro atoms. The van der Waals surface area contributed by atoms with E-state index < -0.39 is 6.10 Å². The van der Waals surface area contributed by atoms with Gasteiger partial charge in [0.2, 0.25) is 0 Å². The van der Waals surface area contributed by atoms with Gasteiger partial charge in [-0.2, -0.15) is 0 Å². The zero-order chi connectivity index (χ0) is 33.6. The average molecular weight is 649 g/mol. The first-order valence-corrected chi connectivity index (χ1v) is 19.9. The maximum Gasteiger partial charge on any atom is 0.306 e. The van der Waals surface area contributed by atoms with Crippen LogP contribution < -0.4 is 0 Å². The van der Waals surface area contributed by atoms with Gasteiger partial charge >= 0.3 is 11.9 Å². The van der Waals surface area contributed by atoms with E-state index in [0.29, 0.717) is 12.8 Å². The van der Waals surface area contributed by atoms with Crippen molar-refractivity contribution in [1.82, 2.24) is 0 Å². The number of carbonyl (C=O) groups excluding carboxylic acids is 2. The Morgan fingerprint density at radius 3 is 1.20 bits per heavy atom. The minimum atomic E-state index is -0.772. The van der Waals surface area contributed by atoms with E-state index in [1.807, 2.05) is 0 Å². The van der Waals surface area contributed by atoms with Crippen molar-refractivity contribution in [3.8, 4) is 0 Å². The molecule has 0 aliphatic heterocycles. The predicted octanol–water partition coefficient (Wildman–Crippen LogP) is 12.3. The SMILES string of the molecule is CCCCCCC=CCCCCCCCC(=O)O[C@@H](CO)COC(=O)CCCCCCCCCCCC=CCCCCCCCC. The molecule has 0 aromatic carbocycles. The fourth-order valence-electron chi connectivity index (χ4n) is 5.66. The molecule has 0 radical (unpaired) electrons. The van der Waals surface area contributed by atoms with E-state index in [4.69, 9.17) is 9.47 Å². The number of aliphatic hydroxyl groups is 1. The number of unbranched alkanes of at least 4 members (excludes halogenated alkanes) is 24. The Bertz CT molecular complexity index is 701. The van der Waals surface area contributed by atoms with Crippen molar-refractivity contribution in [2.45, 2.75) is 213 Å². The Morgan fingerprint density at radius 2 is 0.804 bits per heavy atom. The molecule has 0 fully saturated rings. The van der Waals surface area contributed by atoms with Crippen molar-refractivity contribution in [1.29, 1.82) is 0 Å². The lowest BCUT2D eigenvalue weighted by atomic mass is 10.1. The summed E-state index contributed by atoms with van der Waals surface area (Å²) in [7, 11) is 0. The summed E-state index contributed by atoms with van der Waals surface area (Å²) < 4.78 is 10.6. The number of ether oxygens (including phenoxy) is 2. The Hall–Kier alpha value is -1.62. The van der Waals surface area contributed by atoms with Crippen molar-refractivity contribution in [2.75, 3.05) is 13.2 Å². The van der Waals surface area contributed by atoms with Gasteiger partial charge in [-0.25, -0.2) is 0 Å². The smallest absolute Gasteiger partial charge is 0.306 e. The molecule has 0 heterocycles. The zero-order valence-corrected chi connectivity index (χ0v) is 30.6. The second-order valence-electron chi connectivity index (χ2n) is 13.4. The van der Waals surface area contributed by atoms with Gasteiger partial charge in [0.15, 0.2) is 6.10 Å². The first kappa shape index (κ1) is 44.4. The molecule has 0 aliphatic carbocycles. The molecule has 1 atom stereocenters. The number of hydrogen-bond acceptors (Lipinski definition) is 5. The summed E-state index contributed by atoms with van der Waals surface area (Å²) in [4.78, 5) is 24.2. The monoisotopic (exact) mass is 649 g/mol. The second kappa shape index (κ2) is 37.8. The fraction of sp³-hybridized carbons (Fsp3) is 0.854. The first-order chi connectivity index (χ1) is 22.6. The van der Waals surface area contributed by atoms with Crippen LogP contribution in [0, 0.1) is 0 Å². The van der Waals surface area contributed by atoms with Crippen LogP contribution in [0.3, 0.4) is 0 Å². The number of aliphatic hydroxyl groups excluding tert-OH is 1. The van der Waals surface area contributed by atoms with Gasteiger partial charge in [0.05, 0.1) is 6.61 Å². The van der Waals surface area contributed by atoms with E-state index >= 15 is 0 Å². The summed E-state index contributed by atoms with van der Waals surface area (Å²) in [5, 5.41) is 9.54. The van der Waals surface area contributed by atoms with Crippen LogP contribution in [-0.2, 0) is 19.1 Å². The Labute approximate surface area is 285 Å². The van der Waals surface area contributed by atoms with Crippen LogP contribution in [0.25, 0.3) is 0 Å². The molecule has 1 N–H and O–H groups in total. The van der Waals surface area contributed by atoms with Crippen molar-refractivity contribution in [2.24, 2.45) is 0 Å². The predicted molar refractivity (Wildman–Crippen MR) is 196 cm³/mol. The molecule has 0 bridgehead atoms. The summed E-state index contributed by atoms with van der Waals surface area (Å²) in [6.45, 7) is 4.11. The number of esters is 2. The molecule has 0 amide bonds. The zero-order valence-electron chi connectivity index (χ0n) is 30.6. The van der Waals surface area contributed by atoms with Gasteiger partial charge in [0, 0.05) is 12.8 Å². The Kier molecular flexibility index (Phi) is 36.5. The molecule has 5 nitrogen and oxygen atoms in total. The minimum Gasteiger partial charge on any atom is -0.462 e. The normalized spacial score (nSPS) is 12.3. The van der Waals surface area contributed by atoms with Crippen LogP contribution in [0.1, 0.15) is 206 Å². The van der Waals surface area contributed by atoms with Gasteiger partial charge in [0.25, 0.3) is 0 Å². The van der Waals surface area contributed by atoms with E-state index in [-0.39, 0.29) is 25.2 Å². The first-order valence-electron chi connectivity index (χ1n) is 19.9. The molecular weight excluding hydrogens is 572 g/mol. The summed E-state index contributed by atoms with van der Waals surface area (Å²) in [6, 6.07) is 0. The van der Waals surface area contributed by atoms with Gasteiger partial charge in [-0.1, -0.05) is 154 Å². The molecule has 0 saturated carbocycles. The molecule has 5 heteroatoms. The van der Waals surface area contributed by atoms with Gasteiger partial charge in [0.1, 0.15) is 6.61 Å². The van der Waals surface area contributed by atoms with Gasteiger partial charge in [-0.05, 0) is 64.2 Å². The van der Waals surface area contributed by atoms with Crippen molar-refractivity contribution >= 4 is 11.9 Å². The lowest BCUT2D eigenvalue weighted by Gasteiger charge is -2.15. The van der Waals surface area contributed by atoms with Gasteiger partial charge in [-0.15, -0.1) is 0 Å². The second-order valence-corrected chi connectivity index (χ2v) is 13.4. The highest BCUT2D eigenvalue weighted by molar-refractivity contribution is 5.70. The maximum absolute atomic E-state index is 12.1. The molecule has 0 rings (SSSR count). The summed E-state index contributed by atoms with van der Waals surface area (Å²) in [6.07, 6.45) is 43.8. The molecule has 0 aromatic heterocycles. The quantitative estimate of drug-likeness (QED) is 0.0416. The van der Waals surface area contributed by atoms with Crippen LogP contribution in [0.2, 0.25) is 0 Å². The largest absolute Gasteiger partial charge is 0.462 e. The number of carbonyl (C=O) groups is 2. The van der Waals surface area contributed by atoms with Crippen molar-refractivity contribution in [3.63, 3.8) is 0 Å². The van der Waals surface area contributed by atoms with E-state index in [1.54, 1.807) is 0 Å². The molecular formula is C41H76O5. The summed E-state index contributed by atoms with van der Waals surface area (Å²) >= 11 is 0. The molecule has 270 valence electrons. The van der Waals surface area contributed by atoms with Crippen LogP contribution in [0.5, 0.6) is 0 Å². The summed E-state index contributed by atoms with van der Waals surface area (Å²) in [5.74, 6) is -0.599. The highest BCUT2D eigenvalue weighted by Crippen LogP contribution is 2.14. The highest BCUT2D eigenvalue weighted by Gasteiger charge is 2.16. The Morgan fingerprint density at radius 1 is 0.478 bits per heavy atom. The highest BCUT2D eigenvalue weighted by atomic mass is 16.6. The van der Waals surface area contributed by atoms with E-state index in [0.717, 1.165) is 44.9 Å². The van der Waals surface area contributed by atoms with E-state index in [9.17, 15) is 14.7 Å². The number of hydrogen-bond donors (Lipinski definition) is 1. The van der Waals surface area contributed by atoms with Crippen LogP contribution in [-0.4, -0.2) is 36.4 Å². The van der Waals surface area contributed by atoms with Crippen LogP contribution in [0.4, 0.5) is 0 Å². The third kappa shape index (κ3) is 35.2. The van der Waals surface area contributed by atoms with Gasteiger partial charge < -0.3 is 14.6 Å². The summed E-state index contributed by atoms with van der Waals surface area (Å²) in [5.41, 5.74) is 0. The Balaban J connectivity index is 3.53. The molecule has 46 heavy (non-hydrogen) atoms. The third-order valence-corrected chi connectivity index (χ3v) is 8.72.